The largest absolute Gasteiger partial charge is 0.452 e. The second-order valence-electron chi connectivity index (χ2n) is 3.13. The molecule has 0 saturated heterocycles. The van der Waals surface area contributed by atoms with Crippen LogP contribution in [0.25, 0.3) is 0 Å². The highest BCUT2D eigenvalue weighted by molar-refractivity contribution is 9.10. The van der Waals surface area contributed by atoms with Gasteiger partial charge in [-0.25, -0.2) is 10.1 Å². The van der Waals surface area contributed by atoms with Crippen molar-refractivity contribution in [1.29, 1.82) is 0 Å². The number of halogens is 2. The Kier molecular flexibility index (Phi) is 3.43. The average Bonchev–Trinajstić information content (AvgIpc) is 2.80. The van der Waals surface area contributed by atoms with Crippen molar-refractivity contribution in [2.75, 3.05) is 0 Å². The van der Waals surface area contributed by atoms with Gasteiger partial charge in [0.2, 0.25) is 0 Å². The third kappa shape index (κ3) is 2.05. The van der Waals surface area contributed by atoms with E-state index in [4.69, 9.17) is 10.3 Å². The average molecular weight is 351 g/mol. The van der Waals surface area contributed by atoms with Crippen LogP contribution in [0, 0.1) is 0 Å². The molecule has 1 unspecified atom stereocenters. The van der Waals surface area contributed by atoms with Crippen LogP contribution in [-0.4, -0.2) is 15.0 Å². The number of nitrogens with two attached hydrogens (primary N) is 1. The van der Waals surface area contributed by atoms with Crippen LogP contribution < -0.4 is 11.3 Å². The quantitative estimate of drug-likeness (QED) is 0.647. The van der Waals surface area contributed by atoms with E-state index in [1.165, 1.54) is 0 Å². The summed E-state index contributed by atoms with van der Waals surface area (Å²) in [5.41, 5.74) is 3.47. The van der Waals surface area contributed by atoms with E-state index in [0.717, 1.165) is 5.69 Å². The van der Waals surface area contributed by atoms with E-state index in [1.807, 2.05) is 6.07 Å². The zero-order valence-electron chi connectivity index (χ0n) is 8.32. The van der Waals surface area contributed by atoms with Crippen LogP contribution in [-0.2, 0) is 7.05 Å². The monoisotopic (exact) mass is 349 g/mol. The van der Waals surface area contributed by atoms with Gasteiger partial charge in [-0.3, -0.25) is 5.84 Å². The molecule has 0 bridgehead atoms. The highest BCUT2D eigenvalue weighted by atomic mass is 79.9. The third-order valence-electron chi connectivity index (χ3n) is 2.15. The Morgan fingerprint density at radius 1 is 1.50 bits per heavy atom. The van der Waals surface area contributed by atoms with E-state index in [0.29, 0.717) is 15.0 Å². The Labute approximate surface area is 108 Å². The molecule has 2 aromatic rings. The predicted molar refractivity (Wildman–Crippen MR) is 64.3 cm³/mol. The van der Waals surface area contributed by atoms with Gasteiger partial charge in [-0.05, 0) is 44.0 Å². The molecule has 0 aliphatic rings. The molecule has 0 aromatic carbocycles. The van der Waals surface area contributed by atoms with E-state index in [1.54, 1.807) is 17.8 Å². The van der Waals surface area contributed by atoms with Crippen molar-refractivity contribution >= 4 is 31.9 Å². The summed E-state index contributed by atoms with van der Waals surface area (Å²) < 4.78 is 8.36. The fourth-order valence-electron chi connectivity index (χ4n) is 1.42. The number of aryl methyl sites for hydroxylation is 1. The van der Waals surface area contributed by atoms with Gasteiger partial charge in [-0.1, -0.05) is 5.21 Å². The van der Waals surface area contributed by atoms with Crippen molar-refractivity contribution in [3.63, 3.8) is 0 Å². The summed E-state index contributed by atoms with van der Waals surface area (Å²) in [5.74, 6) is 6.21. The zero-order chi connectivity index (χ0) is 11.7. The summed E-state index contributed by atoms with van der Waals surface area (Å²) in [5, 5.41) is 7.79. The van der Waals surface area contributed by atoms with E-state index >= 15 is 0 Å². The Morgan fingerprint density at radius 3 is 2.69 bits per heavy atom. The lowest BCUT2D eigenvalue weighted by Crippen LogP contribution is -2.30. The zero-order valence-corrected chi connectivity index (χ0v) is 11.5. The minimum absolute atomic E-state index is 0.305. The number of aromatic nitrogens is 3. The van der Waals surface area contributed by atoms with E-state index in [-0.39, 0.29) is 6.04 Å². The molecule has 86 valence electrons. The molecule has 1 atom stereocenters. The number of nitrogens with one attached hydrogen (secondary N) is 1. The van der Waals surface area contributed by atoms with E-state index < -0.39 is 0 Å². The molecule has 6 nitrogen and oxygen atoms in total. The number of rotatable bonds is 3. The van der Waals surface area contributed by atoms with Crippen LogP contribution in [0.2, 0.25) is 0 Å². The van der Waals surface area contributed by atoms with Gasteiger partial charge in [0.15, 0.2) is 9.27 Å². The lowest BCUT2D eigenvalue weighted by Gasteiger charge is -2.13. The number of nitrogens with zero attached hydrogens (tertiary/aromatic N) is 3. The summed E-state index contributed by atoms with van der Waals surface area (Å²) >= 11 is 6.56. The summed E-state index contributed by atoms with van der Waals surface area (Å²) in [4.78, 5) is 0. The van der Waals surface area contributed by atoms with Gasteiger partial charge in [-0.2, -0.15) is 0 Å². The van der Waals surface area contributed by atoms with Crippen molar-refractivity contribution in [3.05, 3.63) is 32.9 Å². The molecule has 3 N–H and O–H groups in total. The molecule has 0 aliphatic heterocycles. The molecule has 0 amide bonds. The van der Waals surface area contributed by atoms with Crippen LogP contribution in [0.3, 0.4) is 0 Å². The van der Waals surface area contributed by atoms with Gasteiger partial charge in [0.25, 0.3) is 0 Å². The molecule has 2 heterocycles. The minimum Gasteiger partial charge on any atom is -0.452 e. The maximum absolute atomic E-state index is 5.53. The first-order valence-electron chi connectivity index (χ1n) is 4.40. The predicted octanol–water partition coefficient (Wildman–Crippen LogP) is 1.49. The molecule has 8 heteroatoms. The molecule has 0 fully saturated rings. The molecule has 16 heavy (non-hydrogen) atoms. The van der Waals surface area contributed by atoms with Gasteiger partial charge < -0.3 is 4.42 Å². The van der Waals surface area contributed by atoms with Crippen molar-refractivity contribution in [3.8, 4) is 0 Å². The maximum Gasteiger partial charge on any atom is 0.169 e. The smallest absolute Gasteiger partial charge is 0.169 e. The number of hydrogen-bond donors (Lipinski definition) is 2. The summed E-state index contributed by atoms with van der Waals surface area (Å²) in [6, 6.07) is 3.33. The normalized spacial score (nSPS) is 13.0. The lowest BCUT2D eigenvalue weighted by molar-refractivity contribution is 0.424. The number of furan rings is 1. The van der Waals surface area contributed by atoms with Gasteiger partial charge in [0.05, 0.1) is 5.69 Å². The standard InChI is InChI=1S/C8H9Br2N5O/c1-15-7(8(10)13-14-15)6(12-11)4-2-3-5(9)16-4/h2-3,6,12H,11H2,1H3. The van der Waals surface area contributed by atoms with E-state index in [9.17, 15) is 0 Å². The van der Waals surface area contributed by atoms with Gasteiger partial charge >= 0.3 is 0 Å². The Balaban J connectivity index is 2.44. The second kappa shape index (κ2) is 4.66. The van der Waals surface area contributed by atoms with E-state index in [2.05, 4.69) is 47.6 Å². The summed E-state index contributed by atoms with van der Waals surface area (Å²) in [6.07, 6.45) is 0. The first kappa shape index (κ1) is 11.8. The van der Waals surface area contributed by atoms with Crippen LogP contribution in [0.15, 0.2) is 25.8 Å². The summed E-state index contributed by atoms with van der Waals surface area (Å²) in [7, 11) is 1.79. The first-order valence-corrected chi connectivity index (χ1v) is 5.98. The van der Waals surface area contributed by atoms with Crippen molar-refractivity contribution < 1.29 is 4.42 Å². The Morgan fingerprint density at radius 2 is 2.25 bits per heavy atom. The molecular formula is C8H9Br2N5O. The summed E-state index contributed by atoms with van der Waals surface area (Å²) in [6.45, 7) is 0. The first-order chi connectivity index (χ1) is 7.63. The molecule has 0 aliphatic carbocycles. The molecular weight excluding hydrogens is 342 g/mol. The van der Waals surface area contributed by atoms with Gasteiger partial charge in [0, 0.05) is 7.05 Å². The van der Waals surface area contributed by atoms with Crippen LogP contribution in [0.1, 0.15) is 17.5 Å². The van der Waals surface area contributed by atoms with Crippen LogP contribution in [0.5, 0.6) is 0 Å². The molecule has 2 aromatic heterocycles. The fraction of sp³-hybridized carbons (Fsp3) is 0.250. The highest BCUT2D eigenvalue weighted by Gasteiger charge is 2.23. The van der Waals surface area contributed by atoms with Crippen LogP contribution in [0.4, 0.5) is 0 Å². The highest BCUT2D eigenvalue weighted by Crippen LogP contribution is 2.28. The second-order valence-corrected chi connectivity index (χ2v) is 4.66. The van der Waals surface area contributed by atoms with Gasteiger partial charge in [0.1, 0.15) is 11.8 Å². The van der Waals surface area contributed by atoms with Crippen molar-refractivity contribution in [1.82, 2.24) is 20.4 Å². The molecule has 2 rings (SSSR count). The van der Waals surface area contributed by atoms with Crippen molar-refractivity contribution in [2.45, 2.75) is 6.04 Å². The molecule has 0 saturated carbocycles. The maximum atomic E-state index is 5.53. The number of hydrazine groups is 1. The van der Waals surface area contributed by atoms with Crippen molar-refractivity contribution in [2.24, 2.45) is 12.9 Å². The Bertz CT molecular complexity index is 475. The SMILES string of the molecule is Cn1nnc(Br)c1C(NN)c1ccc(Br)o1. The fourth-order valence-corrected chi connectivity index (χ4v) is 2.30. The Hall–Kier alpha value is -0.700. The molecule has 0 radical (unpaired) electrons. The third-order valence-corrected chi connectivity index (χ3v) is 3.14. The minimum atomic E-state index is -0.305. The lowest BCUT2D eigenvalue weighted by atomic mass is 10.2. The number of hydrogen-bond acceptors (Lipinski definition) is 5. The van der Waals surface area contributed by atoms with Crippen LogP contribution >= 0.6 is 31.9 Å². The topological polar surface area (TPSA) is 81.9 Å². The van der Waals surface area contributed by atoms with Gasteiger partial charge in [-0.15, -0.1) is 5.10 Å². The molecule has 0 spiro atoms.